The molecule has 2 nitrogen and oxygen atoms in total. The molecule has 0 radical (unpaired) electrons. The summed E-state index contributed by atoms with van der Waals surface area (Å²) in [6.07, 6.45) is 6.85. The topological polar surface area (TPSA) is 25.5 Å². The molecule has 0 aliphatic carbocycles. The molecule has 0 N–H and O–H groups in total. The molecule has 2 heterocycles. The average Bonchev–Trinajstić information content (AvgIpc) is 2.69. The highest BCUT2D eigenvalue weighted by Gasteiger charge is 2.01. The molecule has 1 aromatic rings. The van der Waals surface area contributed by atoms with Gasteiger partial charge in [0.2, 0.25) is 0 Å². The Hall–Kier alpha value is -0.960. The summed E-state index contributed by atoms with van der Waals surface area (Å²) in [5.41, 5.74) is 0. The minimum atomic E-state index is 0.883. The van der Waals surface area contributed by atoms with E-state index in [4.69, 9.17) is 4.42 Å². The van der Waals surface area contributed by atoms with Crippen molar-refractivity contribution in [3.63, 3.8) is 0 Å². The van der Waals surface area contributed by atoms with E-state index in [-0.39, 0.29) is 0 Å². The maximum atomic E-state index is 5.17. The number of furan rings is 1. The molecule has 3 heteroatoms. The highest BCUT2D eigenvalue weighted by atomic mass is 32.2. The van der Waals surface area contributed by atoms with Crippen LogP contribution in [0.2, 0.25) is 0 Å². The lowest BCUT2D eigenvalue weighted by Gasteiger charge is -2.06. The van der Waals surface area contributed by atoms with Crippen molar-refractivity contribution in [1.82, 2.24) is 0 Å². The van der Waals surface area contributed by atoms with Crippen molar-refractivity contribution in [2.75, 3.05) is 12.3 Å². The molecule has 1 aromatic heterocycles. The lowest BCUT2D eigenvalue weighted by atomic mass is 10.4. The first-order valence-electron chi connectivity index (χ1n) is 4.34. The van der Waals surface area contributed by atoms with E-state index in [0.717, 1.165) is 17.3 Å². The molecule has 0 fully saturated rings. The van der Waals surface area contributed by atoms with Gasteiger partial charge in [-0.25, -0.2) is 0 Å². The Morgan fingerprint density at radius 2 is 2.46 bits per heavy atom. The monoisotopic (exact) mass is 193 g/mol. The zero-order valence-corrected chi connectivity index (χ0v) is 8.09. The van der Waals surface area contributed by atoms with E-state index >= 15 is 0 Å². The summed E-state index contributed by atoms with van der Waals surface area (Å²) >= 11 is 1.81. The zero-order chi connectivity index (χ0) is 8.93. The number of aliphatic imine (C=N–C) groups is 1. The molecule has 0 saturated heterocycles. The van der Waals surface area contributed by atoms with E-state index in [1.807, 2.05) is 24.3 Å². The molecule has 0 bridgehead atoms. The Balaban J connectivity index is 2.00. The van der Waals surface area contributed by atoms with Crippen molar-refractivity contribution >= 4 is 22.9 Å². The van der Waals surface area contributed by atoms with Crippen LogP contribution in [0.4, 0.5) is 0 Å². The van der Waals surface area contributed by atoms with Crippen molar-refractivity contribution < 1.29 is 4.42 Å². The van der Waals surface area contributed by atoms with Gasteiger partial charge in [0.05, 0.1) is 11.3 Å². The lowest BCUT2D eigenvalue weighted by Crippen LogP contribution is -1.99. The third-order valence-electron chi connectivity index (χ3n) is 1.75. The van der Waals surface area contributed by atoms with Gasteiger partial charge in [-0.1, -0.05) is 0 Å². The summed E-state index contributed by atoms with van der Waals surface area (Å²) in [6.45, 7) is 0.963. The Morgan fingerprint density at radius 3 is 3.15 bits per heavy atom. The van der Waals surface area contributed by atoms with Crippen LogP contribution in [-0.4, -0.2) is 17.3 Å². The van der Waals surface area contributed by atoms with Gasteiger partial charge in [0.25, 0.3) is 0 Å². The summed E-state index contributed by atoms with van der Waals surface area (Å²) in [5.74, 6) is 2.07. The lowest BCUT2D eigenvalue weighted by molar-refractivity contribution is 0.557. The fourth-order valence-corrected chi connectivity index (χ4v) is 1.95. The summed E-state index contributed by atoms with van der Waals surface area (Å²) in [6, 6.07) is 3.82. The number of thioether (sulfide) groups is 1. The van der Waals surface area contributed by atoms with Crippen LogP contribution in [0.15, 0.2) is 33.9 Å². The van der Waals surface area contributed by atoms with Gasteiger partial charge < -0.3 is 4.42 Å². The number of nitrogens with zero attached hydrogens (tertiary/aromatic N) is 1. The van der Waals surface area contributed by atoms with Gasteiger partial charge in [0, 0.05) is 12.3 Å². The Morgan fingerprint density at radius 1 is 1.46 bits per heavy atom. The van der Waals surface area contributed by atoms with E-state index in [1.54, 1.807) is 18.0 Å². The van der Waals surface area contributed by atoms with Gasteiger partial charge in [-0.2, -0.15) is 0 Å². The predicted octanol–water partition coefficient (Wildman–Crippen LogP) is 2.83. The first kappa shape index (κ1) is 8.63. The first-order valence-corrected chi connectivity index (χ1v) is 5.32. The molecule has 1 aliphatic rings. The normalized spacial score (nSPS) is 17.7. The predicted molar refractivity (Wildman–Crippen MR) is 57.1 cm³/mol. The van der Waals surface area contributed by atoms with Crippen molar-refractivity contribution in [3.05, 3.63) is 30.2 Å². The van der Waals surface area contributed by atoms with Crippen LogP contribution in [0.1, 0.15) is 12.2 Å². The molecular weight excluding hydrogens is 182 g/mol. The number of hydrogen-bond acceptors (Lipinski definition) is 3. The van der Waals surface area contributed by atoms with E-state index in [9.17, 15) is 0 Å². The zero-order valence-electron chi connectivity index (χ0n) is 7.27. The van der Waals surface area contributed by atoms with Gasteiger partial charge in [-0.3, -0.25) is 4.99 Å². The van der Waals surface area contributed by atoms with Gasteiger partial charge in [0.1, 0.15) is 5.76 Å². The minimum absolute atomic E-state index is 0.883. The molecule has 1 aliphatic heterocycles. The van der Waals surface area contributed by atoms with Gasteiger partial charge in [-0.15, -0.1) is 11.8 Å². The van der Waals surface area contributed by atoms with Crippen molar-refractivity contribution in [1.29, 1.82) is 0 Å². The standard InChI is InChI=1S/C10H11NOS/c1-3-9(12-7-1)4-5-10-11-6-2-8-13-10/h1,3-5,7H,2,6,8H2/b5-4+. The fourth-order valence-electron chi connectivity index (χ4n) is 1.12. The fraction of sp³-hybridized carbons (Fsp3) is 0.300. The second kappa shape index (κ2) is 4.33. The molecule has 0 saturated carbocycles. The third-order valence-corrected chi connectivity index (χ3v) is 2.81. The van der Waals surface area contributed by atoms with Crippen LogP contribution in [0.5, 0.6) is 0 Å². The van der Waals surface area contributed by atoms with Gasteiger partial charge in [-0.05, 0) is 30.7 Å². The van der Waals surface area contributed by atoms with E-state index in [1.165, 1.54) is 12.2 Å². The molecular formula is C10H11NOS. The molecule has 13 heavy (non-hydrogen) atoms. The molecule has 0 unspecified atom stereocenters. The first-order chi connectivity index (χ1) is 6.45. The van der Waals surface area contributed by atoms with Gasteiger partial charge in [0.15, 0.2) is 0 Å². The van der Waals surface area contributed by atoms with Crippen LogP contribution in [0.25, 0.3) is 6.08 Å². The Kier molecular flexibility index (Phi) is 2.87. The summed E-state index contributed by atoms with van der Waals surface area (Å²) in [4.78, 5) is 4.38. The van der Waals surface area contributed by atoms with Crippen molar-refractivity contribution in [3.8, 4) is 0 Å². The summed E-state index contributed by atoms with van der Waals surface area (Å²) in [7, 11) is 0. The van der Waals surface area contributed by atoms with Crippen molar-refractivity contribution in [2.45, 2.75) is 6.42 Å². The third kappa shape index (κ3) is 2.49. The second-order valence-electron chi connectivity index (χ2n) is 2.77. The van der Waals surface area contributed by atoms with E-state index < -0.39 is 0 Å². The van der Waals surface area contributed by atoms with Crippen molar-refractivity contribution in [2.24, 2.45) is 4.99 Å². The molecule has 0 amide bonds. The maximum Gasteiger partial charge on any atom is 0.126 e. The Bertz CT molecular complexity index is 314. The minimum Gasteiger partial charge on any atom is -0.465 e. The molecule has 0 spiro atoms. The average molecular weight is 193 g/mol. The van der Waals surface area contributed by atoms with Crippen LogP contribution in [-0.2, 0) is 0 Å². The highest BCUT2D eigenvalue weighted by Crippen LogP contribution is 2.14. The number of rotatable bonds is 2. The van der Waals surface area contributed by atoms with Crippen LogP contribution in [0.3, 0.4) is 0 Å². The Labute approximate surface area is 81.7 Å². The second-order valence-corrected chi connectivity index (χ2v) is 3.89. The van der Waals surface area contributed by atoms with Crippen LogP contribution < -0.4 is 0 Å². The smallest absolute Gasteiger partial charge is 0.126 e. The largest absolute Gasteiger partial charge is 0.465 e. The highest BCUT2D eigenvalue weighted by molar-refractivity contribution is 8.14. The SMILES string of the molecule is C(=C\c1ccco1)/C1=NCCCS1. The molecule has 68 valence electrons. The summed E-state index contributed by atoms with van der Waals surface area (Å²) in [5, 5.41) is 1.11. The van der Waals surface area contributed by atoms with Gasteiger partial charge >= 0.3 is 0 Å². The summed E-state index contributed by atoms with van der Waals surface area (Å²) < 4.78 is 5.17. The van der Waals surface area contributed by atoms with E-state index in [0.29, 0.717) is 0 Å². The van der Waals surface area contributed by atoms with E-state index in [2.05, 4.69) is 4.99 Å². The quantitative estimate of drug-likeness (QED) is 0.721. The number of hydrogen-bond donors (Lipinski definition) is 0. The van der Waals surface area contributed by atoms with Crippen LogP contribution >= 0.6 is 11.8 Å². The molecule has 2 rings (SSSR count). The van der Waals surface area contributed by atoms with Crippen LogP contribution in [0, 0.1) is 0 Å². The molecule has 0 atom stereocenters. The molecule has 0 aromatic carbocycles. The maximum absolute atomic E-state index is 5.17.